The maximum Gasteiger partial charge on any atom is 0.231 e. The molecule has 0 atom stereocenters. The van der Waals surface area contributed by atoms with Gasteiger partial charge in [0.25, 0.3) is 0 Å². The first-order valence-electron chi connectivity index (χ1n) is 6.81. The monoisotopic (exact) mass is 365 g/mol. The van der Waals surface area contributed by atoms with Gasteiger partial charge < -0.3 is 14.8 Å². The average Bonchev–Trinajstić information content (AvgIpc) is 2.93. The minimum atomic E-state index is 0.300. The van der Waals surface area contributed by atoms with E-state index in [1.54, 1.807) is 0 Å². The largest absolute Gasteiger partial charge is 0.454 e. The fourth-order valence-electron chi connectivity index (χ4n) is 2.18. The van der Waals surface area contributed by atoms with Gasteiger partial charge in [-0.2, -0.15) is 0 Å². The number of benzene rings is 2. The van der Waals surface area contributed by atoms with Crippen molar-refractivity contribution < 1.29 is 9.47 Å². The molecule has 3 nitrogen and oxygen atoms in total. The van der Waals surface area contributed by atoms with E-state index in [9.17, 15) is 0 Å². The third kappa shape index (κ3) is 3.30. The molecular formula is C16H16BrNO2S. The Balaban J connectivity index is 1.76. The summed E-state index contributed by atoms with van der Waals surface area (Å²) in [6.45, 7) is 3.20. The van der Waals surface area contributed by atoms with E-state index >= 15 is 0 Å². The fourth-order valence-corrected chi connectivity index (χ4v) is 3.42. The first kappa shape index (κ1) is 14.6. The first-order chi connectivity index (χ1) is 10.3. The van der Waals surface area contributed by atoms with Crippen LogP contribution in [0.3, 0.4) is 0 Å². The zero-order valence-corrected chi connectivity index (χ0v) is 14.1. The number of hydrogen-bond donors (Lipinski definition) is 1. The number of nitrogens with one attached hydrogen (secondary N) is 1. The molecular weight excluding hydrogens is 350 g/mol. The van der Waals surface area contributed by atoms with Crippen LogP contribution in [0.2, 0.25) is 0 Å². The van der Waals surface area contributed by atoms with E-state index in [4.69, 9.17) is 9.47 Å². The van der Waals surface area contributed by atoms with Crippen molar-refractivity contribution in [2.45, 2.75) is 18.4 Å². The predicted molar refractivity (Wildman–Crippen MR) is 90.4 cm³/mol. The van der Waals surface area contributed by atoms with Gasteiger partial charge in [-0.25, -0.2) is 0 Å². The zero-order chi connectivity index (χ0) is 14.7. The second-order valence-electron chi connectivity index (χ2n) is 4.58. The SMILES string of the molecule is CCSc1ccccc1NCc1cc2c(cc1Br)OCO2. The van der Waals surface area contributed by atoms with Crippen molar-refractivity contribution in [3.05, 3.63) is 46.4 Å². The number of hydrogen-bond acceptors (Lipinski definition) is 4. The lowest BCUT2D eigenvalue weighted by molar-refractivity contribution is 0.174. The van der Waals surface area contributed by atoms with Gasteiger partial charge in [-0.3, -0.25) is 0 Å². The van der Waals surface area contributed by atoms with Gasteiger partial charge in [0.15, 0.2) is 11.5 Å². The lowest BCUT2D eigenvalue weighted by atomic mass is 10.2. The number of halogens is 1. The van der Waals surface area contributed by atoms with Crippen LogP contribution in [0, 0.1) is 0 Å². The van der Waals surface area contributed by atoms with Crippen LogP contribution in [-0.2, 0) is 6.54 Å². The highest BCUT2D eigenvalue weighted by molar-refractivity contribution is 9.10. The number of rotatable bonds is 5. The molecule has 1 aliphatic heterocycles. The number of fused-ring (bicyclic) bond motifs is 1. The van der Waals surface area contributed by atoms with E-state index < -0.39 is 0 Å². The van der Waals surface area contributed by atoms with E-state index in [0.717, 1.165) is 39.5 Å². The molecule has 1 aliphatic rings. The third-order valence-electron chi connectivity index (χ3n) is 3.20. The summed E-state index contributed by atoms with van der Waals surface area (Å²) in [5.41, 5.74) is 2.31. The second-order valence-corrected chi connectivity index (χ2v) is 6.74. The summed E-state index contributed by atoms with van der Waals surface area (Å²) in [7, 11) is 0. The molecule has 0 aliphatic carbocycles. The van der Waals surface area contributed by atoms with Crippen molar-refractivity contribution in [3.63, 3.8) is 0 Å². The van der Waals surface area contributed by atoms with Gasteiger partial charge in [-0.15, -0.1) is 11.8 Å². The average molecular weight is 366 g/mol. The molecule has 0 fully saturated rings. The molecule has 0 bridgehead atoms. The van der Waals surface area contributed by atoms with Gasteiger partial charge in [0.2, 0.25) is 6.79 Å². The number of thioether (sulfide) groups is 1. The molecule has 0 aromatic heterocycles. The molecule has 1 heterocycles. The van der Waals surface area contributed by atoms with Crippen LogP contribution in [0.4, 0.5) is 5.69 Å². The standard InChI is InChI=1S/C16H16BrNO2S/c1-2-21-16-6-4-3-5-13(16)18-9-11-7-14-15(8-12(11)17)20-10-19-14/h3-8,18H,2,9-10H2,1H3. The molecule has 5 heteroatoms. The summed E-state index contributed by atoms with van der Waals surface area (Å²) in [4.78, 5) is 1.27. The Morgan fingerprint density at radius 3 is 2.76 bits per heavy atom. The van der Waals surface area contributed by atoms with Crippen LogP contribution in [0.5, 0.6) is 11.5 Å². The van der Waals surface area contributed by atoms with Gasteiger partial charge in [0.1, 0.15) is 0 Å². The topological polar surface area (TPSA) is 30.5 Å². The van der Waals surface area contributed by atoms with E-state index in [0.29, 0.717) is 6.79 Å². The van der Waals surface area contributed by atoms with Crippen molar-refractivity contribution in [2.75, 3.05) is 17.9 Å². The van der Waals surface area contributed by atoms with E-state index in [-0.39, 0.29) is 0 Å². The zero-order valence-electron chi connectivity index (χ0n) is 11.7. The summed E-state index contributed by atoms with van der Waals surface area (Å²) in [6.07, 6.45) is 0. The normalized spacial score (nSPS) is 12.5. The van der Waals surface area contributed by atoms with Crippen molar-refractivity contribution in [1.29, 1.82) is 0 Å². The molecule has 2 aromatic rings. The Bertz CT molecular complexity index is 648. The van der Waals surface area contributed by atoms with Crippen molar-refractivity contribution in [3.8, 4) is 11.5 Å². The minimum Gasteiger partial charge on any atom is -0.454 e. The van der Waals surface area contributed by atoms with Crippen LogP contribution in [0.25, 0.3) is 0 Å². The smallest absolute Gasteiger partial charge is 0.231 e. The van der Waals surface area contributed by atoms with Crippen molar-refractivity contribution in [1.82, 2.24) is 0 Å². The van der Waals surface area contributed by atoms with Crippen LogP contribution in [0.15, 0.2) is 45.8 Å². The lowest BCUT2D eigenvalue weighted by Crippen LogP contribution is -2.01. The van der Waals surface area contributed by atoms with Gasteiger partial charge >= 0.3 is 0 Å². The molecule has 0 radical (unpaired) electrons. The number of para-hydroxylation sites is 1. The Morgan fingerprint density at radius 2 is 1.95 bits per heavy atom. The molecule has 0 spiro atoms. The van der Waals surface area contributed by atoms with Gasteiger partial charge in [0, 0.05) is 21.6 Å². The van der Waals surface area contributed by atoms with Gasteiger partial charge in [-0.1, -0.05) is 35.0 Å². The molecule has 110 valence electrons. The Morgan fingerprint density at radius 1 is 1.19 bits per heavy atom. The van der Waals surface area contributed by atoms with E-state index in [2.05, 4.69) is 52.4 Å². The molecule has 1 N–H and O–H groups in total. The maximum atomic E-state index is 5.43. The highest BCUT2D eigenvalue weighted by atomic mass is 79.9. The summed E-state index contributed by atoms with van der Waals surface area (Å²) < 4.78 is 11.8. The molecule has 0 unspecified atom stereocenters. The maximum absolute atomic E-state index is 5.43. The second kappa shape index (κ2) is 6.62. The van der Waals surface area contributed by atoms with Crippen LogP contribution in [-0.4, -0.2) is 12.5 Å². The Labute approximate surface area is 137 Å². The molecule has 0 saturated heterocycles. The number of anilines is 1. The Kier molecular flexibility index (Phi) is 4.60. The Hall–Kier alpha value is -1.33. The van der Waals surface area contributed by atoms with Crippen LogP contribution < -0.4 is 14.8 Å². The first-order valence-corrected chi connectivity index (χ1v) is 8.59. The van der Waals surface area contributed by atoms with Gasteiger partial charge in [-0.05, 0) is 35.6 Å². The summed E-state index contributed by atoms with van der Waals surface area (Å²) in [5, 5.41) is 3.50. The van der Waals surface area contributed by atoms with E-state index in [1.807, 2.05) is 23.9 Å². The summed E-state index contributed by atoms with van der Waals surface area (Å²) in [6, 6.07) is 12.4. The molecule has 0 amide bonds. The predicted octanol–water partition coefficient (Wildman–Crippen LogP) is 4.90. The van der Waals surface area contributed by atoms with Gasteiger partial charge in [0.05, 0.1) is 0 Å². The van der Waals surface area contributed by atoms with Crippen LogP contribution in [0.1, 0.15) is 12.5 Å². The fraction of sp³-hybridized carbons (Fsp3) is 0.250. The molecule has 3 rings (SSSR count). The quantitative estimate of drug-likeness (QED) is 0.763. The molecule has 2 aromatic carbocycles. The van der Waals surface area contributed by atoms with E-state index in [1.165, 1.54) is 4.90 Å². The molecule has 0 saturated carbocycles. The highest BCUT2D eigenvalue weighted by Crippen LogP contribution is 2.37. The minimum absolute atomic E-state index is 0.300. The highest BCUT2D eigenvalue weighted by Gasteiger charge is 2.16. The lowest BCUT2D eigenvalue weighted by Gasteiger charge is -2.12. The van der Waals surface area contributed by atoms with Crippen LogP contribution >= 0.6 is 27.7 Å². The third-order valence-corrected chi connectivity index (χ3v) is 4.89. The van der Waals surface area contributed by atoms with Crippen molar-refractivity contribution >= 4 is 33.4 Å². The number of ether oxygens (including phenoxy) is 2. The summed E-state index contributed by atoms with van der Waals surface area (Å²) >= 11 is 5.43. The summed E-state index contributed by atoms with van der Waals surface area (Å²) in [5.74, 6) is 2.67. The van der Waals surface area contributed by atoms with Crippen molar-refractivity contribution in [2.24, 2.45) is 0 Å². The molecule has 21 heavy (non-hydrogen) atoms.